The summed E-state index contributed by atoms with van der Waals surface area (Å²) in [6.07, 6.45) is 0. The highest BCUT2D eigenvalue weighted by atomic mass is 31.1. The van der Waals surface area contributed by atoms with Gasteiger partial charge in [-0.2, -0.15) is 0 Å². The van der Waals surface area contributed by atoms with Crippen molar-refractivity contribution in [2.24, 2.45) is 0 Å². The lowest BCUT2D eigenvalue weighted by atomic mass is 10.00. The Morgan fingerprint density at radius 3 is 0.789 bits per heavy atom. The van der Waals surface area contributed by atoms with Gasteiger partial charge >= 0.3 is 0 Å². The zero-order valence-electron chi connectivity index (χ0n) is 23.6. The van der Waals surface area contributed by atoms with E-state index in [9.17, 15) is 0 Å². The predicted molar refractivity (Wildman–Crippen MR) is 172 cm³/mol. The van der Waals surface area contributed by atoms with E-state index in [-0.39, 0.29) is 0 Å². The fraction of sp³-hybridized carbons (Fsp3) is 0.294. The maximum Gasteiger partial charge on any atom is 0.0322 e. The third-order valence-corrected chi connectivity index (χ3v) is 13.1. The fourth-order valence-corrected chi connectivity index (χ4v) is 11.9. The maximum atomic E-state index is 2.50. The Morgan fingerprint density at radius 2 is 0.605 bits per heavy atom. The molecule has 0 spiro atoms. The molecular weight excluding hydrogens is 498 g/mol. The summed E-state index contributed by atoms with van der Waals surface area (Å²) >= 11 is 0. The van der Waals surface area contributed by atoms with Crippen LogP contribution in [0.15, 0.2) is 121 Å². The first-order valence-electron chi connectivity index (χ1n) is 13.5. The SMILES string of the molecule is C[C@H]([C@H]([C@@H]([C@@H](C)P(c1ccccc1)c1ccccc1)N(C)C)N(C)C)P(c1ccccc1)c1ccccc1. The molecule has 4 rings (SSSR count). The number of nitrogens with zero attached hydrogens (tertiary/aromatic N) is 2. The van der Waals surface area contributed by atoms with Crippen LogP contribution in [0.3, 0.4) is 0 Å². The molecule has 38 heavy (non-hydrogen) atoms. The summed E-state index contributed by atoms with van der Waals surface area (Å²) in [6.45, 7) is 4.99. The fourth-order valence-electron chi connectivity index (χ4n) is 5.94. The first kappa shape index (κ1) is 28.7. The van der Waals surface area contributed by atoms with E-state index < -0.39 is 15.8 Å². The van der Waals surface area contributed by atoms with E-state index in [4.69, 9.17) is 0 Å². The maximum absolute atomic E-state index is 2.50. The summed E-state index contributed by atoms with van der Waals surface area (Å²) in [6, 6.07) is 45.5. The molecule has 4 heteroatoms. The molecule has 2 nitrogen and oxygen atoms in total. The highest BCUT2D eigenvalue weighted by molar-refractivity contribution is 7.74. The molecule has 0 saturated heterocycles. The Kier molecular flexibility index (Phi) is 10.3. The molecule has 0 aliphatic rings. The van der Waals surface area contributed by atoms with Gasteiger partial charge in [0.15, 0.2) is 0 Å². The van der Waals surface area contributed by atoms with Gasteiger partial charge in [0.25, 0.3) is 0 Å². The Balaban J connectivity index is 1.81. The highest BCUT2D eigenvalue weighted by Crippen LogP contribution is 2.47. The molecule has 0 unspecified atom stereocenters. The van der Waals surface area contributed by atoms with Gasteiger partial charge in [-0.05, 0) is 65.3 Å². The van der Waals surface area contributed by atoms with Gasteiger partial charge in [0, 0.05) is 23.4 Å². The van der Waals surface area contributed by atoms with Crippen molar-refractivity contribution >= 4 is 37.1 Å². The van der Waals surface area contributed by atoms with E-state index >= 15 is 0 Å². The summed E-state index contributed by atoms with van der Waals surface area (Å²) in [5, 5.41) is 5.80. The summed E-state index contributed by atoms with van der Waals surface area (Å²) < 4.78 is 0. The molecule has 0 aliphatic heterocycles. The lowest BCUT2D eigenvalue weighted by Gasteiger charge is -2.47. The molecule has 0 aliphatic carbocycles. The van der Waals surface area contributed by atoms with Crippen LogP contribution in [0.4, 0.5) is 0 Å². The summed E-state index contributed by atoms with van der Waals surface area (Å²) in [5.74, 6) is 0. The first-order chi connectivity index (χ1) is 18.4. The van der Waals surface area contributed by atoms with Crippen LogP contribution >= 0.6 is 15.8 Å². The molecular formula is C34H42N2P2. The van der Waals surface area contributed by atoms with E-state index in [1.165, 1.54) is 21.2 Å². The minimum absolute atomic E-state index is 0.365. The van der Waals surface area contributed by atoms with E-state index in [0.717, 1.165) is 0 Å². The molecule has 4 aromatic rings. The zero-order valence-corrected chi connectivity index (χ0v) is 25.4. The minimum atomic E-state index is -0.555. The van der Waals surface area contributed by atoms with Crippen molar-refractivity contribution in [1.29, 1.82) is 0 Å². The number of likely N-dealkylation sites (N-methyl/N-ethyl adjacent to an activating group) is 2. The Labute approximate surface area is 233 Å². The molecule has 0 heterocycles. The van der Waals surface area contributed by atoms with Crippen LogP contribution in [0, 0.1) is 0 Å². The molecule has 4 aromatic carbocycles. The van der Waals surface area contributed by atoms with Gasteiger partial charge in [-0.25, -0.2) is 0 Å². The summed E-state index contributed by atoms with van der Waals surface area (Å²) in [4.78, 5) is 4.99. The van der Waals surface area contributed by atoms with E-state index in [0.29, 0.717) is 23.4 Å². The number of hydrogen-bond donors (Lipinski definition) is 0. The molecule has 0 N–H and O–H groups in total. The van der Waals surface area contributed by atoms with Crippen LogP contribution in [-0.2, 0) is 0 Å². The van der Waals surface area contributed by atoms with Crippen molar-refractivity contribution in [3.63, 3.8) is 0 Å². The largest absolute Gasteiger partial charge is 0.304 e. The van der Waals surface area contributed by atoms with E-state index in [1.807, 2.05) is 0 Å². The normalized spacial score (nSPS) is 15.1. The van der Waals surface area contributed by atoms with Gasteiger partial charge in [-0.3, -0.25) is 0 Å². The molecule has 0 amide bonds. The lowest BCUT2D eigenvalue weighted by molar-refractivity contribution is 0.149. The number of hydrogen-bond acceptors (Lipinski definition) is 2. The zero-order chi connectivity index (χ0) is 27.1. The Hall–Kier alpha value is -2.34. The predicted octanol–water partition coefficient (Wildman–Crippen LogP) is 5.89. The topological polar surface area (TPSA) is 6.48 Å². The van der Waals surface area contributed by atoms with Gasteiger partial charge in [0.2, 0.25) is 0 Å². The van der Waals surface area contributed by atoms with E-state index in [1.54, 1.807) is 0 Å². The average molecular weight is 541 g/mol. The van der Waals surface area contributed by atoms with Crippen molar-refractivity contribution in [3.05, 3.63) is 121 Å². The second-order valence-corrected chi connectivity index (χ2v) is 15.6. The molecule has 0 bridgehead atoms. The minimum Gasteiger partial charge on any atom is -0.304 e. The lowest BCUT2D eigenvalue weighted by Crippen LogP contribution is -2.57. The van der Waals surface area contributed by atoms with Crippen LogP contribution in [0.2, 0.25) is 0 Å². The molecule has 0 fully saturated rings. The van der Waals surface area contributed by atoms with Gasteiger partial charge < -0.3 is 9.80 Å². The number of rotatable bonds is 11. The Bertz CT molecular complexity index is 1040. The van der Waals surface area contributed by atoms with Gasteiger partial charge in [-0.15, -0.1) is 0 Å². The van der Waals surface area contributed by atoms with Crippen molar-refractivity contribution in [1.82, 2.24) is 9.80 Å². The molecule has 0 saturated carbocycles. The average Bonchev–Trinajstić information content (AvgIpc) is 2.93. The number of benzene rings is 4. The molecule has 4 atom stereocenters. The third-order valence-electron chi connectivity index (χ3n) is 7.48. The standard InChI is InChI=1S/C34H42N2P2/c1-27(37(29-19-11-7-12-20-29)30-21-13-8-14-22-30)33(35(3)4)34(36(5)6)28(2)38(31-23-15-9-16-24-31)32-25-17-10-18-26-32/h7-28,33-34H,1-6H3/t27-,28-,33-,34-/m1/s1. The van der Waals surface area contributed by atoms with Crippen molar-refractivity contribution in [2.75, 3.05) is 28.2 Å². The first-order valence-corrected chi connectivity index (χ1v) is 16.3. The summed E-state index contributed by atoms with van der Waals surface area (Å²) in [7, 11) is 8.01. The van der Waals surface area contributed by atoms with Crippen LogP contribution in [0.25, 0.3) is 0 Å². The quantitative estimate of drug-likeness (QED) is 0.219. The molecule has 198 valence electrons. The van der Waals surface area contributed by atoms with Crippen molar-refractivity contribution in [3.8, 4) is 0 Å². The van der Waals surface area contributed by atoms with Crippen molar-refractivity contribution in [2.45, 2.75) is 37.2 Å². The highest BCUT2D eigenvalue weighted by Gasteiger charge is 2.41. The smallest absolute Gasteiger partial charge is 0.0322 e. The van der Waals surface area contributed by atoms with Crippen LogP contribution in [0.1, 0.15) is 13.8 Å². The second kappa shape index (κ2) is 13.6. The van der Waals surface area contributed by atoms with Crippen LogP contribution in [0.5, 0.6) is 0 Å². The van der Waals surface area contributed by atoms with Gasteiger partial charge in [-0.1, -0.05) is 135 Å². The molecule has 0 aromatic heterocycles. The van der Waals surface area contributed by atoms with Crippen LogP contribution in [-0.4, -0.2) is 61.4 Å². The van der Waals surface area contributed by atoms with E-state index in [2.05, 4.69) is 173 Å². The van der Waals surface area contributed by atoms with Gasteiger partial charge in [0.05, 0.1) is 0 Å². The Morgan fingerprint density at radius 1 is 0.395 bits per heavy atom. The third kappa shape index (κ3) is 6.62. The van der Waals surface area contributed by atoms with Gasteiger partial charge in [0.1, 0.15) is 0 Å². The summed E-state index contributed by atoms with van der Waals surface area (Å²) in [5.41, 5.74) is 0.895. The monoisotopic (exact) mass is 540 g/mol. The van der Waals surface area contributed by atoms with Crippen LogP contribution < -0.4 is 21.2 Å². The second-order valence-electron chi connectivity index (χ2n) is 10.5. The van der Waals surface area contributed by atoms with Crippen molar-refractivity contribution < 1.29 is 0 Å². The molecule has 0 radical (unpaired) electrons.